The van der Waals surface area contributed by atoms with E-state index in [0.29, 0.717) is 0 Å². The molecule has 1 aromatic heterocycles. The van der Waals surface area contributed by atoms with Crippen LogP contribution >= 0.6 is 15.6 Å². The lowest BCUT2D eigenvalue weighted by atomic mass is 10.0. The van der Waals surface area contributed by atoms with E-state index < -0.39 is 76.5 Å². The van der Waals surface area contributed by atoms with Gasteiger partial charge in [0.05, 0.1) is 18.8 Å². The third kappa shape index (κ3) is 6.69. The largest absolute Gasteiger partial charge is 0.483 e. The third-order valence-corrected chi connectivity index (χ3v) is 7.79. The summed E-state index contributed by atoms with van der Waals surface area (Å²) in [5, 5.41) is 20.1. The van der Waals surface area contributed by atoms with Crippen molar-refractivity contribution in [1.29, 1.82) is 0 Å². The predicted octanol–water partition coefficient (Wildman–Crippen LogP) is -1.43. The molecule has 3 heterocycles. The van der Waals surface area contributed by atoms with Gasteiger partial charge >= 0.3 is 21.3 Å². The van der Waals surface area contributed by atoms with Crippen molar-refractivity contribution in [2.75, 3.05) is 6.61 Å². The highest BCUT2D eigenvalue weighted by molar-refractivity contribution is 7.61. The van der Waals surface area contributed by atoms with E-state index in [-0.39, 0.29) is 18.4 Å². The summed E-state index contributed by atoms with van der Waals surface area (Å²) in [5.41, 5.74) is 4.53. The lowest BCUT2D eigenvalue weighted by molar-refractivity contribution is -0.208. The second kappa shape index (κ2) is 10.4. The first-order valence-corrected chi connectivity index (χ1v) is 13.1. The first-order chi connectivity index (χ1) is 15.7. The van der Waals surface area contributed by atoms with Gasteiger partial charge in [-0.05, 0) is 20.3 Å². The Morgan fingerprint density at radius 2 is 1.88 bits per heavy atom. The number of hydrogen-bond donors (Lipinski definition) is 6. The number of hydrogen-bond acceptors (Lipinski definition) is 12. The van der Waals surface area contributed by atoms with Gasteiger partial charge in [-0.2, -0.15) is 4.31 Å². The SMILES string of the molecule is Cc1cn(C2CC(O)C(COP(=O)(O)OP(=O)(O)OC3OC(C)CC(N)C3O)O2)c(=O)[nH]c1=O. The average molecular weight is 531 g/mol. The van der Waals surface area contributed by atoms with Crippen LogP contribution in [-0.2, 0) is 32.0 Å². The molecule has 3 rings (SSSR count). The maximum Gasteiger partial charge on any atom is 0.483 e. The molecule has 0 amide bonds. The summed E-state index contributed by atoms with van der Waals surface area (Å²) in [5.74, 6) is 0. The van der Waals surface area contributed by atoms with Crippen molar-refractivity contribution in [2.24, 2.45) is 5.73 Å². The Bertz CT molecular complexity index is 1090. The molecule has 7 N–H and O–H groups in total. The smallest absolute Gasteiger partial charge is 0.390 e. The number of aliphatic hydroxyl groups is 2. The van der Waals surface area contributed by atoms with E-state index in [9.17, 15) is 38.7 Å². The molecule has 1 aromatic rings. The second-order valence-corrected chi connectivity index (χ2v) is 11.0. The maximum absolute atomic E-state index is 12.2. The molecule has 0 saturated carbocycles. The minimum Gasteiger partial charge on any atom is -0.390 e. The molecule has 0 radical (unpaired) electrons. The molecule has 0 aromatic carbocycles. The summed E-state index contributed by atoms with van der Waals surface area (Å²) >= 11 is 0. The number of aromatic amines is 1. The van der Waals surface area contributed by atoms with Crippen molar-refractivity contribution in [1.82, 2.24) is 9.55 Å². The second-order valence-electron chi connectivity index (χ2n) is 8.04. The molecule has 2 saturated heterocycles. The third-order valence-electron chi connectivity index (χ3n) is 5.19. The van der Waals surface area contributed by atoms with Gasteiger partial charge in [-0.25, -0.2) is 13.9 Å². The minimum absolute atomic E-state index is 0.118. The molecule has 16 nitrogen and oxygen atoms in total. The van der Waals surface area contributed by atoms with Crippen molar-refractivity contribution in [3.8, 4) is 0 Å². The topological polar surface area (TPSA) is 242 Å². The molecule has 9 unspecified atom stereocenters. The van der Waals surface area contributed by atoms with Crippen LogP contribution < -0.4 is 17.0 Å². The zero-order valence-corrected chi connectivity index (χ0v) is 19.9. The summed E-state index contributed by atoms with van der Waals surface area (Å²) in [6, 6.07) is -0.835. The van der Waals surface area contributed by atoms with E-state index in [1.807, 2.05) is 0 Å². The van der Waals surface area contributed by atoms with E-state index in [4.69, 9.17) is 15.2 Å². The molecule has 2 fully saturated rings. The number of rotatable bonds is 8. The van der Waals surface area contributed by atoms with E-state index in [1.54, 1.807) is 6.92 Å². The van der Waals surface area contributed by atoms with Crippen molar-refractivity contribution in [3.05, 3.63) is 32.6 Å². The standard InChI is InChI=1S/C16H27N3O13P2/c1-7-5-19(16(23)18-14(7)22)12-4-10(20)11(30-12)6-28-33(24,25)32-34(26,27)31-15-13(21)9(17)3-8(2)29-15/h5,8-13,15,20-21H,3-4,6,17H2,1-2H3,(H,24,25)(H,26,27)(H,18,22,23). The lowest BCUT2D eigenvalue weighted by Crippen LogP contribution is -2.52. The van der Waals surface area contributed by atoms with Gasteiger partial charge in [-0.15, -0.1) is 0 Å². The lowest BCUT2D eigenvalue weighted by Gasteiger charge is -2.36. The molecule has 2 aliphatic heterocycles. The quantitative estimate of drug-likeness (QED) is 0.211. The van der Waals surface area contributed by atoms with Crippen molar-refractivity contribution in [2.45, 2.75) is 69.7 Å². The fourth-order valence-corrected chi connectivity index (χ4v) is 5.64. The van der Waals surface area contributed by atoms with Crippen LogP contribution in [0.2, 0.25) is 0 Å². The number of nitrogens with one attached hydrogen (secondary N) is 1. The van der Waals surface area contributed by atoms with E-state index in [2.05, 4.69) is 18.3 Å². The van der Waals surface area contributed by atoms with Crippen LogP contribution in [0.25, 0.3) is 0 Å². The summed E-state index contributed by atoms with van der Waals surface area (Å²) in [7, 11) is -10.5. The monoisotopic (exact) mass is 531 g/mol. The number of aliphatic hydroxyl groups excluding tert-OH is 2. The fraction of sp³-hybridized carbons (Fsp3) is 0.750. The van der Waals surface area contributed by atoms with E-state index in [1.165, 1.54) is 13.1 Å². The number of nitrogens with zero attached hydrogens (tertiary/aromatic N) is 1. The van der Waals surface area contributed by atoms with Crippen LogP contribution in [0.5, 0.6) is 0 Å². The van der Waals surface area contributed by atoms with Crippen molar-refractivity contribution < 1.29 is 52.0 Å². The van der Waals surface area contributed by atoms with Gasteiger partial charge in [0.1, 0.15) is 18.4 Å². The molecule has 0 spiro atoms. The Labute approximate surface area is 192 Å². The number of ether oxygens (including phenoxy) is 2. The predicted molar refractivity (Wildman–Crippen MR) is 111 cm³/mol. The summed E-state index contributed by atoms with van der Waals surface area (Å²) in [4.78, 5) is 45.2. The Kier molecular flexibility index (Phi) is 8.35. The van der Waals surface area contributed by atoms with E-state index in [0.717, 1.165) is 4.57 Å². The number of phosphoric ester groups is 2. The molecule has 0 bridgehead atoms. The molecule has 18 heteroatoms. The average Bonchev–Trinajstić information content (AvgIpc) is 3.06. The Morgan fingerprint density at radius 3 is 2.56 bits per heavy atom. The Balaban J connectivity index is 1.58. The fourth-order valence-electron chi connectivity index (χ4n) is 3.48. The first-order valence-electron chi connectivity index (χ1n) is 10.1. The Hall–Kier alpha value is -1.26. The van der Waals surface area contributed by atoms with E-state index >= 15 is 0 Å². The van der Waals surface area contributed by atoms with Gasteiger partial charge in [0.25, 0.3) is 5.56 Å². The summed E-state index contributed by atoms with van der Waals surface area (Å²) in [6.45, 7) is 2.27. The molecule has 0 aliphatic carbocycles. The van der Waals surface area contributed by atoms with Crippen LogP contribution in [-0.4, -0.2) is 72.9 Å². The van der Waals surface area contributed by atoms with Gasteiger partial charge in [0.15, 0.2) is 6.29 Å². The van der Waals surface area contributed by atoms with Gasteiger partial charge in [0.2, 0.25) is 0 Å². The van der Waals surface area contributed by atoms with Crippen LogP contribution in [0.3, 0.4) is 0 Å². The maximum atomic E-state index is 12.2. The molecular weight excluding hydrogens is 504 g/mol. The zero-order chi connectivity index (χ0) is 25.4. The number of aryl methyl sites for hydroxylation is 1. The number of nitrogens with two attached hydrogens (primary N) is 1. The number of phosphoric acid groups is 2. The van der Waals surface area contributed by atoms with Gasteiger partial charge < -0.3 is 35.2 Å². The highest BCUT2D eigenvalue weighted by Crippen LogP contribution is 2.61. The molecule has 2 aliphatic rings. The highest BCUT2D eigenvalue weighted by Gasteiger charge is 2.44. The van der Waals surface area contributed by atoms with Crippen LogP contribution in [0.4, 0.5) is 0 Å². The molecule has 194 valence electrons. The van der Waals surface area contributed by atoms with Gasteiger partial charge in [-0.1, -0.05) is 0 Å². The molecule has 9 atom stereocenters. The molecular formula is C16H27N3O13P2. The first kappa shape index (κ1) is 27.3. The van der Waals surface area contributed by atoms with Crippen LogP contribution in [0.1, 0.15) is 31.6 Å². The van der Waals surface area contributed by atoms with Gasteiger partial charge in [0, 0.05) is 24.2 Å². The Morgan fingerprint density at radius 1 is 1.21 bits per heavy atom. The van der Waals surface area contributed by atoms with Crippen molar-refractivity contribution in [3.63, 3.8) is 0 Å². The number of H-pyrrole nitrogens is 1. The summed E-state index contributed by atoms with van der Waals surface area (Å²) in [6.07, 6.45) is -5.88. The summed E-state index contributed by atoms with van der Waals surface area (Å²) < 4.78 is 49.5. The normalized spacial score (nSPS) is 35.6. The number of aromatic nitrogens is 2. The van der Waals surface area contributed by atoms with Crippen LogP contribution in [0.15, 0.2) is 15.8 Å². The van der Waals surface area contributed by atoms with Crippen LogP contribution in [0, 0.1) is 6.92 Å². The van der Waals surface area contributed by atoms with Gasteiger partial charge in [-0.3, -0.25) is 23.4 Å². The zero-order valence-electron chi connectivity index (χ0n) is 18.1. The molecule has 34 heavy (non-hydrogen) atoms. The minimum atomic E-state index is -5.29. The highest BCUT2D eigenvalue weighted by atomic mass is 31.3. The van der Waals surface area contributed by atoms with Crippen molar-refractivity contribution >= 4 is 15.6 Å².